The minimum Gasteiger partial charge on any atom is -0.493 e. The lowest BCUT2D eigenvalue weighted by Crippen LogP contribution is -2.30. The van der Waals surface area contributed by atoms with Crippen LogP contribution in [0.5, 0.6) is 17.4 Å². The summed E-state index contributed by atoms with van der Waals surface area (Å²) in [5, 5.41) is 2.23. The second-order valence-corrected chi connectivity index (χ2v) is 12.0. The maximum Gasteiger partial charge on any atom is 0.229 e. The van der Waals surface area contributed by atoms with E-state index in [4.69, 9.17) is 18.6 Å². The van der Waals surface area contributed by atoms with Gasteiger partial charge in [0.15, 0.2) is 11.5 Å². The number of aryl methyl sites for hydroxylation is 2. The highest BCUT2D eigenvalue weighted by Gasteiger charge is 2.34. The molecule has 0 spiro atoms. The molecule has 0 N–H and O–H groups in total. The zero-order chi connectivity index (χ0) is 22.4. The van der Waals surface area contributed by atoms with E-state index in [-0.39, 0.29) is 4.75 Å². The van der Waals surface area contributed by atoms with Gasteiger partial charge in [-0.3, -0.25) is 0 Å². The van der Waals surface area contributed by atoms with Gasteiger partial charge in [0.05, 0.1) is 19.9 Å². The summed E-state index contributed by atoms with van der Waals surface area (Å²) in [6, 6.07) is 4.09. The van der Waals surface area contributed by atoms with Crippen molar-refractivity contribution in [2.24, 2.45) is 0 Å². The number of nitrogens with zero attached hydrogens (tertiary/aromatic N) is 1. The van der Waals surface area contributed by atoms with Crippen LogP contribution in [0.2, 0.25) is 0 Å². The Morgan fingerprint density at radius 3 is 1.90 bits per heavy atom. The molecule has 0 saturated heterocycles. The predicted octanol–water partition coefficient (Wildman–Crippen LogP) is 7.09. The first-order valence-corrected chi connectivity index (χ1v) is 12.8. The maximum atomic E-state index is 6.67. The van der Waals surface area contributed by atoms with Gasteiger partial charge in [0.1, 0.15) is 0 Å². The summed E-state index contributed by atoms with van der Waals surface area (Å²) in [5.41, 5.74) is 2.11. The van der Waals surface area contributed by atoms with E-state index < -0.39 is 10.3 Å². The zero-order valence-electron chi connectivity index (χ0n) is 20.4. The molecular weight excluding hydrogens is 382 g/mol. The monoisotopic (exact) mass is 423 g/mol. The Kier molecular flexibility index (Phi) is 9.13. The number of pyridine rings is 1. The Hall–Kier alpha value is -1.62. The van der Waals surface area contributed by atoms with Crippen LogP contribution in [-0.2, 0) is 6.42 Å². The average molecular weight is 424 g/mol. The van der Waals surface area contributed by atoms with Gasteiger partial charge in [-0.15, -0.1) is 0 Å². The molecule has 1 heterocycles. The van der Waals surface area contributed by atoms with Crippen molar-refractivity contribution < 1.29 is 13.7 Å². The highest BCUT2D eigenvalue weighted by Crippen LogP contribution is 2.56. The van der Waals surface area contributed by atoms with Crippen LogP contribution in [0.3, 0.4) is 0 Å². The van der Waals surface area contributed by atoms with Crippen molar-refractivity contribution in [2.75, 3.05) is 26.2 Å². The lowest BCUT2D eigenvalue weighted by atomic mass is 10.0. The molecule has 29 heavy (non-hydrogen) atoms. The smallest absolute Gasteiger partial charge is 0.229 e. The molecule has 1 aromatic carbocycles. The summed E-state index contributed by atoms with van der Waals surface area (Å²) in [4.78, 5) is 4.97. The van der Waals surface area contributed by atoms with E-state index in [0.29, 0.717) is 0 Å². The van der Waals surface area contributed by atoms with Crippen molar-refractivity contribution in [3.63, 3.8) is 0 Å². The molecule has 2 aromatic rings. The summed E-state index contributed by atoms with van der Waals surface area (Å²) in [6.45, 7) is 17.2. The first-order valence-electron chi connectivity index (χ1n) is 10.6. The van der Waals surface area contributed by atoms with Gasteiger partial charge in [0.2, 0.25) is 5.88 Å². The molecular formula is C24H41NO3S. The molecule has 0 aliphatic heterocycles. The molecule has 2 rings (SSSR count). The van der Waals surface area contributed by atoms with E-state index >= 15 is 0 Å². The molecule has 1 atom stereocenters. The molecule has 4 nitrogen and oxygen atoms in total. The van der Waals surface area contributed by atoms with Crippen LogP contribution in [0.25, 0.3) is 10.8 Å². The lowest BCUT2D eigenvalue weighted by Gasteiger charge is -2.46. The van der Waals surface area contributed by atoms with Gasteiger partial charge in [-0.05, 0) is 57.9 Å². The van der Waals surface area contributed by atoms with E-state index in [0.717, 1.165) is 58.0 Å². The second kappa shape index (κ2) is 10.4. The van der Waals surface area contributed by atoms with Gasteiger partial charge in [-0.1, -0.05) is 44.4 Å². The van der Waals surface area contributed by atoms with Gasteiger partial charge in [0, 0.05) is 21.4 Å². The molecule has 5 heteroatoms. The highest BCUT2D eigenvalue weighted by atomic mass is 32.3. The number of hydrogen-bond donors (Lipinski definition) is 0. The third-order valence-corrected chi connectivity index (χ3v) is 9.61. The quantitative estimate of drug-likeness (QED) is 0.477. The topological polar surface area (TPSA) is 40.6 Å². The van der Waals surface area contributed by atoms with Crippen molar-refractivity contribution in [1.29, 1.82) is 0 Å². The maximum absolute atomic E-state index is 6.67. The van der Waals surface area contributed by atoms with Crippen molar-refractivity contribution in [3.05, 3.63) is 23.4 Å². The molecule has 0 bridgehead atoms. The lowest BCUT2D eigenvalue weighted by molar-refractivity contribution is 0.356. The van der Waals surface area contributed by atoms with E-state index in [1.807, 2.05) is 26.0 Å². The summed E-state index contributed by atoms with van der Waals surface area (Å²) in [5.74, 6) is 3.21. The fraction of sp³-hybridized carbons (Fsp3) is 0.625. The van der Waals surface area contributed by atoms with Crippen LogP contribution in [0, 0.1) is 6.92 Å². The van der Waals surface area contributed by atoms with E-state index in [2.05, 4.69) is 47.8 Å². The van der Waals surface area contributed by atoms with Crippen molar-refractivity contribution in [3.8, 4) is 17.4 Å². The standard InChI is InChI=1S/C22H35NO3S.C2H6/c1-10-12-18-17-14-20(25-8)19(24-7)13-16(17)15(3)21(23-18)26-27(9,11-2)22(4,5)6;1-2/h13-14H,10-12H2,1-9H3;1-2H3. The first-order chi connectivity index (χ1) is 13.6. The Morgan fingerprint density at radius 2 is 1.48 bits per heavy atom. The van der Waals surface area contributed by atoms with Crippen LogP contribution in [-0.4, -0.2) is 36.0 Å². The van der Waals surface area contributed by atoms with Crippen LogP contribution in [0.4, 0.5) is 0 Å². The van der Waals surface area contributed by atoms with Crippen LogP contribution in [0.15, 0.2) is 12.1 Å². The van der Waals surface area contributed by atoms with E-state index in [1.54, 1.807) is 14.2 Å². The largest absolute Gasteiger partial charge is 0.493 e. The molecule has 0 aliphatic carbocycles. The number of ether oxygens (including phenoxy) is 2. The second-order valence-electron chi connectivity index (χ2n) is 7.98. The number of rotatable bonds is 7. The summed E-state index contributed by atoms with van der Waals surface area (Å²) in [6.07, 6.45) is 4.18. The van der Waals surface area contributed by atoms with Crippen molar-refractivity contribution >= 4 is 21.1 Å². The Bertz CT molecular complexity index is 814. The Labute approximate surface area is 179 Å². The van der Waals surface area contributed by atoms with Gasteiger partial charge in [-0.25, -0.2) is 4.98 Å². The first kappa shape index (κ1) is 25.4. The van der Waals surface area contributed by atoms with Crippen LogP contribution >= 0.6 is 10.3 Å². The van der Waals surface area contributed by atoms with Crippen molar-refractivity contribution in [1.82, 2.24) is 4.98 Å². The average Bonchev–Trinajstić information content (AvgIpc) is 2.71. The summed E-state index contributed by atoms with van der Waals surface area (Å²) >= 11 is 0. The third kappa shape index (κ3) is 5.30. The molecule has 1 unspecified atom stereocenters. The van der Waals surface area contributed by atoms with Crippen molar-refractivity contribution in [2.45, 2.75) is 73.0 Å². The van der Waals surface area contributed by atoms with Gasteiger partial charge < -0.3 is 13.7 Å². The molecule has 166 valence electrons. The molecule has 0 amide bonds. The molecule has 0 radical (unpaired) electrons. The Balaban J connectivity index is 0.00000204. The fourth-order valence-corrected chi connectivity index (χ4v) is 4.85. The SMILES string of the molecule is CC.CCCc1nc(OS(C)(CC)C(C)(C)C)c(C)c2cc(OC)c(OC)cc12. The number of methoxy groups -OCH3 is 2. The number of fused-ring (bicyclic) bond motifs is 1. The molecule has 1 aromatic heterocycles. The molecule has 0 aliphatic rings. The highest BCUT2D eigenvalue weighted by molar-refractivity contribution is 8.30. The van der Waals surface area contributed by atoms with Crippen LogP contribution < -0.4 is 13.7 Å². The van der Waals surface area contributed by atoms with Gasteiger partial charge >= 0.3 is 0 Å². The van der Waals surface area contributed by atoms with Gasteiger partial charge in [0.25, 0.3) is 0 Å². The Morgan fingerprint density at radius 1 is 0.966 bits per heavy atom. The predicted molar refractivity (Wildman–Crippen MR) is 129 cm³/mol. The normalized spacial score (nSPS) is 14.4. The third-order valence-electron chi connectivity index (χ3n) is 5.39. The summed E-state index contributed by atoms with van der Waals surface area (Å²) in [7, 11) is 2.02. The summed E-state index contributed by atoms with van der Waals surface area (Å²) < 4.78 is 17.8. The van der Waals surface area contributed by atoms with Crippen LogP contribution in [0.1, 0.15) is 66.1 Å². The fourth-order valence-electron chi connectivity index (χ4n) is 3.11. The zero-order valence-corrected chi connectivity index (χ0v) is 21.2. The minimum absolute atomic E-state index is 0.0767. The number of aromatic nitrogens is 1. The van der Waals surface area contributed by atoms with E-state index in [9.17, 15) is 0 Å². The minimum atomic E-state index is -1.32. The van der Waals surface area contributed by atoms with Gasteiger partial charge in [-0.2, -0.15) is 0 Å². The molecule has 0 fully saturated rings. The number of benzene rings is 1. The van der Waals surface area contributed by atoms with E-state index in [1.165, 1.54) is 0 Å². The molecule has 0 saturated carbocycles. The number of hydrogen-bond acceptors (Lipinski definition) is 4.